The minimum absolute atomic E-state index is 0. The average Bonchev–Trinajstić information content (AvgIpc) is 3.40. The van der Waals surface area contributed by atoms with Crippen LogP contribution in [0.5, 0.6) is 0 Å². The third-order valence-electron chi connectivity index (χ3n) is 5.08. The molecule has 2 aliphatic heterocycles. The van der Waals surface area contributed by atoms with Gasteiger partial charge in [0.2, 0.25) is 0 Å². The van der Waals surface area contributed by atoms with Gasteiger partial charge in [0.25, 0.3) is 0 Å². The van der Waals surface area contributed by atoms with Gasteiger partial charge in [-0.2, -0.15) is 0 Å². The van der Waals surface area contributed by atoms with Crippen LogP contribution >= 0.6 is 12.4 Å². The van der Waals surface area contributed by atoms with Gasteiger partial charge in [-0.15, -0.1) is 12.4 Å². The van der Waals surface area contributed by atoms with Crippen molar-refractivity contribution in [2.75, 3.05) is 42.5 Å². The first-order valence-electron chi connectivity index (χ1n) is 8.39. The fourth-order valence-electron chi connectivity index (χ4n) is 3.62. The van der Waals surface area contributed by atoms with Crippen LogP contribution in [0.1, 0.15) is 23.2 Å². The van der Waals surface area contributed by atoms with Gasteiger partial charge in [0.1, 0.15) is 11.7 Å². The van der Waals surface area contributed by atoms with Gasteiger partial charge < -0.3 is 20.2 Å². The van der Waals surface area contributed by atoms with Gasteiger partial charge in [0.15, 0.2) is 5.78 Å². The second kappa shape index (κ2) is 6.80. The van der Waals surface area contributed by atoms with Crippen molar-refractivity contribution in [2.24, 2.45) is 5.92 Å². The zero-order valence-electron chi connectivity index (χ0n) is 13.7. The highest BCUT2D eigenvalue weighted by Gasteiger charge is 2.42. The summed E-state index contributed by atoms with van der Waals surface area (Å²) in [6.45, 7) is 3.19. The molecule has 0 radical (unpaired) electrons. The molecule has 0 aromatic heterocycles. The fourth-order valence-corrected chi connectivity index (χ4v) is 3.62. The number of nitrogens with zero attached hydrogens (tertiary/aromatic N) is 2. The van der Waals surface area contributed by atoms with Crippen molar-refractivity contribution in [3.63, 3.8) is 0 Å². The summed E-state index contributed by atoms with van der Waals surface area (Å²) < 4.78 is 14.6. The quantitative estimate of drug-likeness (QED) is 0.787. The SMILES string of the molecule is Cl.O=C(O)C1CN(C2CC2)c2cc(N3CCNCC3)c(F)cc2C1=O. The molecule has 1 aromatic rings. The van der Waals surface area contributed by atoms with Gasteiger partial charge >= 0.3 is 5.97 Å². The average molecular weight is 370 g/mol. The normalized spacial score (nSPS) is 23.1. The fraction of sp³-hybridized carbons (Fsp3) is 0.529. The number of carbonyl (C=O) groups excluding carboxylic acids is 1. The third kappa shape index (κ3) is 3.18. The van der Waals surface area contributed by atoms with Crippen molar-refractivity contribution in [3.05, 3.63) is 23.5 Å². The molecular weight excluding hydrogens is 349 g/mol. The van der Waals surface area contributed by atoms with E-state index in [1.165, 1.54) is 6.07 Å². The molecule has 2 N–H and O–H groups in total. The number of aliphatic carboxylic acids is 1. The second-order valence-corrected chi connectivity index (χ2v) is 6.70. The second-order valence-electron chi connectivity index (χ2n) is 6.70. The van der Waals surface area contributed by atoms with Gasteiger partial charge in [-0.25, -0.2) is 4.39 Å². The monoisotopic (exact) mass is 369 g/mol. The largest absolute Gasteiger partial charge is 0.481 e. The number of rotatable bonds is 3. The van der Waals surface area contributed by atoms with E-state index in [-0.39, 0.29) is 30.6 Å². The van der Waals surface area contributed by atoms with Crippen LogP contribution in [0, 0.1) is 11.7 Å². The van der Waals surface area contributed by atoms with Crippen molar-refractivity contribution in [1.29, 1.82) is 0 Å². The maximum atomic E-state index is 14.6. The molecule has 25 heavy (non-hydrogen) atoms. The molecule has 4 rings (SSSR count). The smallest absolute Gasteiger partial charge is 0.316 e. The highest BCUT2D eigenvalue weighted by atomic mass is 35.5. The van der Waals surface area contributed by atoms with E-state index in [1.54, 1.807) is 6.07 Å². The molecule has 1 aromatic carbocycles. The van der Waals surface area contributed by atoms with Gasteiger partial charge in [-0.05, 0) is 25.0 Å². The number of ketones is 1. The summed E-state index contributed by atoms with van der Waals surface area (Å²) in [5.41, 5.74) is 1.40. The molecule has 136 valence electrons. The molecule has 1 unspecified atom stereocenters. The molecule has 2 heterocycles. The Morgan fingerprint density at radius 3 is 2.48 bits per heavy atom. The predicted molar refractivity (Wildman–Crippen MR) is 94.6 cm³/mol. The van der Waals surface area contributed by atoms with E-state index in [0.717, 1.165) is 25.9 Å². The lowest BCUT2D eigenvalue weighted by Crippen LogP contribution is -2.45. The van der Waals surface area contributed by atoms with Gasteiger partial charge in [-0.1, -0.05) is 0 Å². The number of Topliss-reactive ketones (excluding diaryl/α,β-unsaturated/α-hetero) is 1. The third-order valence-corrected chi connectivity index (χ3v) is 5.08. The Labute approximate surface area is 151 Å². The number of hydrogen-bond donors (Lipinski definition) is 2. The molecule has 0 bridgehead atoms. The number of carbonyl (C=O) groups is 2. The summed E-state index contributed by atoms with van der Waals surface area (Å²) in [7, 11) is 0. The maximum Gasteiger partial charge on any atom is 0.316 e. The van der Waals surface area contributed by atoms with E-state index in [1.807, 2.05) is 9.80 Å². The van der Waals surface area contributed by atoms with Crippen molar-refractivity contribution < 1.29 is 19.1 Å². The molecule has 6 nitrogen and oxygen atoms in total. The number of benzene rings is 1. The first kappa shape index (κ1) is 17.9. The highest BCUT2D eigenvalue weighted by molar-refractivity contribution is 6.13. The predicted octanol–water partition coefficient (Wildman–Crippen LogP) is 1.52. The van der Waals surface area contributed by atoms with E-state index in [4.69, 9.17) is 0 Å². The molecule has 1 saturated carbocycles. The van der Waals surface area contributed by atoms with Crippen LogP contribution in [0.2, 0.25) is 0 Å². The lowest BCUT2D eigenvalue weighted by molar-refractivity contribution is -0.139. The minimum Gasteiger partial charge on any atom is -0.481 e. The molecule has 3 aliphatic rings. The van der Waals surface area contributed by atoms with Crippen LogP contribution < -0.4 is 15.1 Å². The summed E-state index contributed by atoms with van der Waals surface area (Å²) in [6.07, 6.45) is 1.97. The Morgan fingerprint density at radius 1 is 1.20 bits per heavy atom. The van der Waals surface area contributed by atoms with E-state index in [9.17, 15) is 19.1 Å². The van der Waals surface area contributed by atoms with Gasteiger partial charge in [-0.3, -0.25) is 9.59 Å². The molecule has 2 fully saturated rings. The van der Waals surface area contributed by atoms with Crippen LogP contribution in [0.4, 0.5) is 15.8 Å². The lowest BCUT2D eigenvalue weighted by atomic mass is 9.90. The summed E-state index contributed by atoms with van der Waals surface area (Å²) in [4.78, 5) is 27.9. The van der Waals surface area contributed by atoms with Gasteiger partial charge in [0, 0.05) is 44.3 Å². The van der Waals surface area contributed by atoms with Gasteiger partial charge in [0.05, 0.1) is 11.4 Å². The Balaban J connectivity index is 0.00000182. The lowest BCUT2D eigenvalue weighted by Gasteiger charge is -2.36. The zero-order chi connectivity index (χ0) is 16.8. The molecule has 1 aliphatic carbocycles. The standard InChI is InChI=1S/C17H20FN3O3.ClH/c18-13-7-11-14(8-15(13)20-5-3-19-4-6-20)21(10-1-2-10)9-12(16(11)22)17(23)24;/h7-8,10,12,19H,1-6,9H2,(H,23,24);1H. The van der Waals surface area contributed by atoms with Crippen molar-refractivity contribution in [1.82, 2.24) is 5.32 Å². The number of fused-ring (bicyclic) bond motifs is 1. The minimum atomic E-state index is -1.14. The Bertz CT molecular complexity index is 705. The van der Waals surface area contributed by atoms with Crippen molar-refractivity contribution >= 4 is 35.5 Å². The number of halogens is 2. The summed E-state index contributed by atoms with van der Waals surface area (Å²) in [5, 5.41) is 12.6. The molecule has 1 saturated heterocycles. The summed E-state index contributed by atoms with van der Waals surface area (Å²) in [6, 6.07) is 3.24. The summed E-state index contributed by atoms with van der Waals surface area (Å²) in [5.74, 6) is -3.18. The van der Waals surface area contributed by atoms with Crippen molar-refractivity contribution in [3.8, 4) is 0 Å². The maximum absolute atomic E-state index is 14.6. The first-order chi connectivity index (χ1) is 11.6. The van der Waals surface area contributed by atoms with Crippen LogP contribution in [0.25, 0.3) is 0 Å². The number of carboxylic acid groups (broad SMARTS) is 1. The van der Waals surface area contributed by atoms with Crippen LogP contribution in [0.3, 0.4) is 0 Å². The Kier molecular flexibility index (Phi) is 4.88. The number of hydrogen-bond acceptors (Lipinski definition) is 5. The molecule has 8 heteroatoms. The number of nitrogens with one attached hydrogen (secondary N) is 1. The van der Waals surface area contributed by atoms with Crippen molar-refractivity contribution in [2.45, 2.75) is 18.9 Å². The molecule has 0 amide bonds. The molecule has 1 atom stereocenters. The zero-order valence-corrected chi connectivity index (χ0v) is 14.5. The first-order valence-corrected chi connectivity index (χ1v) is 8.39. The Hall–Kier alpha value is -1.86. The molecular formula is C17H21ClFN3O3. The topological polar surface area (TPSA) is 72.9 Å². The van der Waals surface area contributed by atoms with E-state index < -0.39 is 23.5 Å². The van der Waals surface area contributed by atoms with Crippen LogP contribution in [-0.2, 0) is 4.79 Å². The number of carboxylic acids is 1. The van der Waals surface area contributed by atoms with Crippen LogP contribution in [-0.4, -0.2) is 55.6 Å². The summed E-state index contributed by atoms with van der Waals surface area (Å²) >= 11 is 0. The van der Waals surface area contributed by atoms with E-state index in [0.29, 0.717) is 24.5 Å². The Morgan fingerprint density at radius 2 is 1.88 bits per heavy atom. The number of anilines is 2. The highest BCUT2D eigenvalue weighted by Crippen LogP contribution is 2.41. The van der Waals surface area contributed by atoms with E-state index in [2.05, 4.69) is 5.32 Å². The molecule has 0 spiro atoms. The van der Waals surface area contributed by atoms with E-state index >= 15 is 0 Å². The van der Waals surface area contributed by atoms with Crippen LogP contribution in [0.15, 0.2) is 12.1 Å². The number of piperazine rings is 1.